The summed E-state index contributed by atoms with van der Waals surface area (Å²) in [4.78, 5) is 91.3. The molecule has 0 bridgehead atoms. The van der Waals surface area contributed by atoms with E-state index in [2.05, 4.69) is 48.5 Å². The molecule has 8 aromatic rings. The van der Waals surface area contributed by atoms with Gasteiger partial charge in [0.15, 0.2) is 11.2 Å². The first-order valence-corrected chi connectivity index (χ1v) is 34.3. The summed E-state index contributed by atoms with van der Waals surface area (Å²) >= 11 is 0. The lowest BCUT2D eigenvalue weighted by Crippen LogP contribution is -2.35. The van der Waals surface area contributed by atoms with Crippen molar-refractivity contribution in [2.24, 2.45) is 0 Å². The fourth-order valence-corrected chi connectivity index (χ4v) is 12.3. The Kier molecular flexibility index (Phi) is 23.7. The number of hydrogen-bond acceptors (Lipinski definition) is 21. The molecule has 2 unspecified atom stereocenters. The zero-order chi connectivity index (χ0) is 73.9. The van der Waals surface area contributed by atoms with Crippen LogP contribution in [-0.2, 0) is 63.5 Å². The summed E-state index contributed by atoms with van der Waals surface area (Å²) in [6.07, 6.45) is 5.20. The van der Waals surface area contributed by atoms with E-state index < -0.39 is 59.2 Å². The Morgan fingerprint density at radius 3 is 0.942 bits per heavy atom. The van der Waals surface area contributed by atoms with Gasteiger partial charge in [-0.2, -0.15) is 0 Å². The molecule has 0 spiro atoms. The highest BCUT2D eigenvalue weighted by Gasteiger charge is 2.41. The average Bonchev–Trinajstić information content (AvgIpc) is 0.735. The van der Waals surface area contributed by atoms with Crippen LogP contribution in [0.2, 0.25) is 0 Å². The molecule has 0 saturated heterocycles. The third-order valence-corrected chi connectivity index (χ3v) is 18.0. The van der Waals surface area contributed by atoms with E-state index in [0.717, 1.165) is 77.9 Å². The van der Waals surface area contributed by atoms with Crippen molar-refractivity contribution in [3.63, 3.8) is 0 Å². The van der Waals surface area contributed by atoms with Crippen molar-refractivity contribution in [3.05, 3.63) is 202 Å². The third kappa shape index (κ3) is 17.5. The van der Waals surface area contributed by atoms with Gasteiger partial charge in [-0.25, -0.2) is 9.59 Å². The minimum atomic E-state index is -1.08. The first-order chi connectivity index (χ1) is 49.2. The standard InChI is InChI=1S/C82H92N6O15/c1-53(100-75(91)37-35-73(89)96-43-45-98-79(93)71-47-55-15-25-65(87(11)12)49-69(55)77-67(71)39-41-81(102-77,57-17-27-61(28-18-57)83(3)4)58-19-29-62(30-20-58)84(5)6)51-95-52-54(2)101-76(92)38-36-74(90)97-44-46-99-80(94)72-48-56-16-26-66(88(13)14)50-70(56)78-68(72)40-42-82(103-78,59-21-31-63(32-22-59)85(7)8)60-23-33-64(34-24-60)86(9)10/h15-34,39-42,47-50,53-54H,35-38,43-46,51-52H2,1-14H3. The number of carbonyl (C=O) groups is 6. The van der Waals surface area contributed by atoms with Crippen LogP contribution in [0.1, 0.15) is 93.6 Å². The molecule has 0 aliphatic carbocycles. The molecule has 0 radical (unpaired) electrons. The molecule has 0 fully saturated rings. The quantitative estimate of drug-likeness (QED) is 0.0233. The van der Waals surface area contributed by atoms with E-state index >= 15 is 0 Å². The zero-order valence-corrected chi connectivity index (χ0v) is 61.2. The van der Waals surface area contributed by atoms with Crippen molar-refractivity contribution in [2.75, 3.05) is 154 Å². The zero-order valence-electron chi connectivity index (χ0n) is 61.2. The number of nitrogens with zero attached hydrogens (tertiary/aromatic N) is 6. The van der Waals surface area contributed by atoms with E-state index in [-0.39, 0.29) is 76.5 Å². The first kappa shape index (κ1) is 74.6. The van der Waals surface area contributed by atoms with E-state index in [9.17, 15) is 28.8 Å². The van der Waals surface area contributed by atoms with E-state index in [4.69, 9.17) is 42.6 Å². The first-order valence-electron chi connectivity index (χ1n) is 34.3. The number of rotatable bonds is 30. The summed E-state index contributed by atoms with van der Waals surface area (Å²) in [7, 11) is 23.8. The van der Waals surface area contributed by atoms with Crippen molar-refractivity contribution in [1.82, 2.24) is 0 Å². The van der Waals surface area contributed by atoms with E-state index in [1.54, 1.807) is 26.0 Å². The monoisotopic (exact) mass is 1400 g/mol. The van der Waals surface area contributed by atoms with Crippen LogP contribution in [0.15, 0.2) is 158 Å². The molecular formula is C82H92N6O15. The molecular weight excluding hydrogens is 1310 g/mol. The number of benzene rings is 8. The van der Waals surface area contributed by atoms with Crippen molar-refractivity contribution < 1.29 is 71.4 Å². The molecule has 2 atom stereocenters. The normalized spacial score (nSPS) is 13.6. The summed E-state index contributed by atoms with van der Waals surface area (Å²) in [6.45, 7) is 2.12. The molecule has 0 amide bonds. The second-order valence-electron chi connectivity index (χ2n) is 26.9. The second-order valence-corrected chi connectivity index (χ2v) is 26.9. The van der Waals surface area contributed by atoms with Crippen LogP contribution < -0.4 is 38.9 Å². The smallest absolute Gasteiger partial charge is 0.339 e. The van der Waals surface area contributed by atoms with Crippen molar-refractivity contribution in [3.8, 4) is 11.5 Å². The van der Waals surface area contributed by atoms with Crippen molar-refractivity contribution >= 4 is 104 Å². The van der Waals surface area contributed by atoms with Crippen LogP contribution in [0.25, 0.3) is 33.7 Å². The highest BCUT2D eigenvalue weighted by molar-refractivity contribution is 6.06. The molecule has 2 aliphatic heterocycles. The van der Waals surface area contributed by atoms with Crippen LogP contribution in [0, 0.1) is 0 Å². The number of fused-ring (bicyclic) bond motifs is 6. The minimum absolute atomic E-state index is 0.0404. The maximum atomic E-state index is 14.0. The van der Waals surface area contributed by atoms with Gasteiger partial charge in [-0.05, 0) is 134 Å². The third-order valence-electron chi connectivity index (χ3n) is 18.0. The minimum Gasteiger partial charge on any atom is -0.472 e. The number of carbonyl (C=O) groups excluding carboxylic acids is 6. The summed E-state index contributed by atoms with van der Waals surface area (Å²) in [5, 5.41) is 3.12. The number of ether oxygens (including phenoxy) is 9. The van der Waals surface area contributed by atoms with Gasteiger partial charge in [0.25, 0.3) is 0 Å². The molecule has 2 heterocycles. The Morgan fingerprint density at radius 1 is 0.359 bits per heavy atom. The van der Waals surface area contributed by atoms with Gasteiger partial charge < -0.3 is 72.0 Å². The maximum Gasteiger partial charge on any atom is 0.339 e. The highest BCUT2D eigenvalue weighted by Crippen LogP contribution is 2.50. The van der Waals surface area contributed by atoms with E-state index in [1.807, 2.05) is 223 Å². The average molecular weight is 1400 g/mol. The van der Waals surface area contributed by atoms with Crippen LogP contribution >= 0.6 is 0 Å². The summed E-state index contributed by atoms with van der Waals surface area (Å²) in [5.74, 6) is -2.98. The largest absolute Gasteiger partial charge is 0.472 e. The fourth-order valence-electron chi connectivity index (χ4n) is 12.3. The summed E-state index contributed by atoms with van der Waals surface area (Å²) in [6, 6.07) is 48.3. The Balaban J connectivity index is 0.648. The second kappa shape index (κ2) is 32.7. The molecule has 21 heteroatoms. The van der Waals surface area contributed by atoms with Crippen molar-refractivity contribution in [1.29, 1.82) is 0 Å². The molecule has 540 valence electrons. The number of esters is 6. The molecule has 2 aliphatic rings. The van der Waals surface area contributed by atoms with E-state index in [0.29, 0.717) is 22.6 Å². The predicted octanol–water partition coefficient (Wildman–Crippen LogP) is 12.6. The van der Waals surface area contributed by atoms with Gasteiger partial charge in [0.1, 0.15) is 50.1 Å². The predicted molar refractivity (Wildman–Crippen MR) is 403 cm³/mol. The highest BCUT2D eigenvalue weighted by atomic mass is 16.6. The van der Waals surface area contributed by atoms with Crippen molar-refractivity contribution in [2.45, 2.75) is 62.9 Å². The van der Waals surface area contributed by atoms with Gasteiger partial charge in [0.05, 0.1) is 50.0 Å². The fraction of sp³-hybridized carbons (Fsp3) is 0.341. The Hall–Kier alpha value is -11.1. The lowest BCUT2D eigenvalue weighted by Gasteiger charge is -2.37. The molecule has 8 aromatic carbocycles. The van der Waals surface area contributed by atoms with Gasteiger partial charge in [-0.3, -0.25) is 19.2 Å². The molecule has 103 heavy (non-hydrogen) atoms. The number of hydrogen-bond donors (Lipinski definition) is 0. The molecule has 0 saturated carbocycles. The van der Waals surface area contributed by atoms with Gasteiger partial charge in [-0.1, -0.05) is 60.7 Å². The molecule has 0 aromatic heterocycles. The maximum absolute atomic E-state index is 14.0. The lowest BCUT2D eigenvalue weighted by atomic mass is 9.82. The van der Waals surface area contributed by atoms with Crippen LogP contribution in [0.5, 0.6) is 11.5 Å². The summed E-state index contributed by atoms with van der Waals surface area (Å²) < 4.78 is 53.2. The number of anilines is 6. The Bertz CT molecular complexity index is 4070. The van der Waals surface area contributed by atoms with Gasteiger partial charge >= 0.3 is 35.8 Å². The van der Waals surface area contributed by atoms with Gasteiger partial charge in [0, 0.05) is 163 Å². The van der Waals surface area contributed by atoms with Gasteiger partial charge in [-0.15, -0.1) is 0 Å². The van der Waals surface area contributed by atoms with Crippen LogP contribution in [0.4, 0.5) is 34.1 Å². The molecule has 10 rings (SSSR count). The lowest BCUT2D eigenvalue weighted by molar-refractivity contribution is -0.158. The van der Waals surface area contributed by atoms with Crippen LogP contribution in [-0.4, -0.2) is 172 Å². The molecule has 0 N–H and O–H groups in total. The Labute approximate surface area is 602 Å². The van der Waals surface area contributed by atoms with E-state index in [1.165, 1.54) is 0 Å². The summed E-state index contributed by atoms with van der Waals surface area (Å²) in [5.41, 5.74) is 9.00. The topological polar surface area (TPSA) is 205 Å². The van der Waals surface area contributed by atoms with Gasteiger partial charge in [0.2, 0.25) is 0 Å². The Morgan fingerprint density at radius 2 is 0.641 bits per heavy atom. The molecule has 21 nitrogen and oxygen atoms in total. The SMILES string of the molecule is CC(COCC(C)OC(=O)CCC(=O)OCCOC(=O)c1cc2ccc(N(C)C)cc2c2c1C=CC(c1ccc(N(C)C)cc1)(c1ccc(N(C)C)cc1)O2)OC(=O)CCC(=O)OCCOC(=O)c1cc2ccc(N(C)C)cc2c2c1C=CC(c1ccc(N(C)C)cc1)(c1ccc(N(C)C)cc1)O2. The van der Waals surface area contributed by atoms with Crippen LogP contribution in [0.3, 0.4) is 0 Å².